The lowest BCUT2D eigenvalue weighted by atomic mass is 9.72. The summed E-state index contributed by atoms with van der Waals surface area (Å²) >= 11 is 0. The van der Waals surface area contributed by atoms with Gasteiger partial charge in [-0.25, -0.2) is 0 Å². The molecule has 0 saturated heterocycles. The minimum atomic E-state index is -0.0622. The van der Waals surface area contributed by atoms with Crippen LogP contribution in [0, 0.1) is 30.6 Å². The Balaban J connectivity index is 0. The Hall–Kier alpha value is -2.10. The van der Waals surface area contributed by atoms with E-state index in [1.807, 2.05) is 32.9 Å². The van der Waals surface area contributed by atoms with Gasteiger partial charge in [-0.2, -0.15) is 0 Å². The second-order valence-electron chi connectivity index (χ2n) is 12.2. The lowest BCUT2D eigenvalue weighted by Gasteiger charge is -2.31. The van der Waals surface area contributed by atoms with Gasteiger partial charge in [-0.3, -0.25) is 14.4 Å². The highest BCUT2D eigenvalue weighted by molar-refractivity contribution is 6.00. The van der Waals surface area contributed by atoms with Crippen molar-refractivity contribution in [1.82, 2.24) is 0 Å². The molecule has 0 radical (unpaired) electrons. The van der Waals surface area contributed by atoms with Crippen molar-refractivity contribution in [1.29, 1.82) is 0 Å². The molecule has 0 N–H and O–H groups in total. The van der Waals surface area contributed by atoms with Crippen LogP contribution in [0.5, 0.6) is 0 Å². The molecule has 0 spiro atoms. The fourth-order valence-corrected chi connectivity index (χ4v) is 5.31. The van der Waals surface area contributed by atoms with Crippen LogP contribution >= 0.6 is 0 Å². The van der Waals surface area contributed by atoms with E-state index in [9.17, 15) is 19.2 Å². The summed E-state index contributed by atoms with van der Waals surface area (Å²) in [7, 11) is 0. The lowest BCUT2D eigenvalue weighted by molar-refractivity contribution is -0.130. The molecule has 1 aromatic carbocycles. The number of Topliss-reactive ketones (excluding diaryl/α,β-unsaturated/α-hetero) is 4. The van der Waals surface area contributed by atoms with Crippen LogP contribution < -0.4 is 0 Å². The van der Waals surface area contributed by atoms with Crippen molar-refractivity contribution >= 4 is 23.1 Å². The molecule has 1 aliphatic carbocycles. The zero-order chi connectivity index (χ0) is 32.0. The maximum absolute atomic E-state index is 12.7. The van der Waals surface area contributed by atoms with Crippen LogP contribution in [0.1, 0.15) is 161 Å². The minimum absolute atomic E-state index is 0.0460. The molecule has 236 valence electrons. The quantitative estimate of drug-likeness (QED) is 0.220. The molecular weight excluding hydrogens is 508 g/mol. The van der Waals surface area contributed by atoms with Crippen LogP contribution in [0.4, 0.5) is 0 Å². The number of fused-ring (bicyclic) bond motifs is 1. The third kappa shape index (κ3) is 18.9. The molecule has 0 aliphatic heterocycles. The van der Waals surface area contributed by atoms with Crippen LogP contribution in [0.2, 0.25) is 0 Å². The predicted molar refractivity (Wildman–Crippen MR) is 176 cm³/mol. The molecule has 4 heteroatoms. The van der Waals surface area contributed by atoms with Crippen LogP contribution in [0.15, 0.2) is 18.2 Å². The maximum atomic E-state index is 12.7. The number of unbranched alkanes of at least 4 members (excludes halogenated alkanes) is 1. The van der Waals surface area contributed by atoms with Gasteiger partial charge in [0.1, 0.15) is 17.3 Å². The summed E-state index contributed by atoms with van der Waals surface area (Å²) in [5, 5.41) is 0. The van der Waals surface area contributed by atoms with Crippen LogP contribution in [0.3, 0.4) is 0 Å². The van der Waals surface area contributed by atoms with Crippen molar-refractivity contribution in [2.45, 2.75) is 153 Å². The number of aryl methyl sites for hydroxylation is 1. The van der Waals surface area contributed by atoms with E-state index in [4.69, 9.17) is 0 Å². The molecule has 41 heavy (non-hydrogen) atoms. The van der Waals surface area contributed by atoms with Crippen molar-refractivity contribution in [3.63, 3.8) is 0 Å². The lowest BCUT2D eigenvalue weighted by Crippen LogP contribution is -2.29. The molecule has 0 saturated carbocycles. The van der Waals surface area contributed by atoms with Gasteiger partial charge in [0.2, 0.25) is 0 Å². The van der Waals surface area contributed by atoms with Gasteiger partial charge in [0.05, 0.1) is 6.42 Å². The molecule has 1 aromatic rings. The van der Waals surface area contributed by atoms with Gasteiger partial charge in [-0.05, 0) is 68.9 Å². The van der Waals surface area contributed by atoms with Gasteiger partial charge < -0.3 is 4.79 Å². The van der Waals surface area contributed by atoms with Gasteiger partial charge in [0.25, 0.3) is 0 Å². The number of hydrogen-bond donors (Lipinski definition) is 0. The number of benzene rings is 1. The third-order valence-corrected chi connectivity index (χ3v) is 7.39. The van der Waals surface area contributed by atoms with E-state index in [1.165, 1.54) is 32.6 Å². The second kappa shape index (κ2) is 24.5. The highest BCUT2D eigenvalue weighted by Gasteiger charge is 2.32. The van der Waals surface area contributed by atoms with E-state index >= 15 is 0 Å². The van der Waals surface area contributed by atoms with Crippen LogP contribution in [0.25, 0.3) is 0 Å². The summed E-state index contributed by atoms with van der Waals surface area (Å²) < 4.78 is 0. The van der Waals surface area contributed by atoms with E-state index in [0.29, 0.717) is 18.8 Å². The number of ketones is 4. The first kappa shape index (κ1) is 41.0. The molecule has 3 atom stereocenters. The van der Waals surface area contributed by atoms with Crippen molar-refractivity contribution < 1.29 is 19.2 Å². The average Bonchev–Trinajstić information content (AvgIpc) is 2.88. The molecular formula is C37H64O4. The Morgan fingerprint density at radius 3 is 1.88 bits per heavy atom. The van der Waals surface area contributed by atoms with E-state index in [1.54, 1.807) is 6.92 Å². The van der Waals surface area contributed by atoms with Crippen molar-refractivity contribution in [2.24, 2.45) is 23.7 Å². The molecule has 4 nitrogen and oxygen atoms in total. The van der Waals surface area contributed by atoms with Crippen molar-refractivity contribution in [3.05, 3.63) is 34.9 Å². The Kier molecular flexibility index (Phi) is 24.5. The zero-order valence-electron chi connectivity index (χ0n) is 28.7. The summed E-state index contributed by atoms with van der Waals surface area (Å²) in [5.41, 5.74) is 3.14. The van der Waals surface area contributed by atoms with Crippen molar-refractivity contribution in [3.8, 4) is 0 Å². The summed E-state index contributed by atoms with van der Waals surface area (Å²) in [4.78, 5) is 46.4. The normalized spacial score (nSPS) is 15.1. The fourth-order valence-electron chi connectivity index (χ4n) is 5.31. The Morgan fingerprint density at radius 2 is 1.46 bits per heavy atom. The Morgan fingerprint density at radius 1 is 0.878 bits per heavy atom. The molecule has 0 aromatic heterocycles. The minimum Gasteiger partial charge on any atom is -0.300 e. The second-order valence-corrected chi connectivity index (χ2v) is 12.2. The Labute approximate surface area is 253 Å². The topological polar surface area (TPSA) is 68.3 Å². The first-order valence-electron chi connectivity index (χ1n) is 16.5. The summed E-state index contributed by atoms with van der Waals surface area (Å²) in [6, 6.07) is 6.10. The van der Waals surface area contributed by atoms with Gasteiger partial charge in [0.15, 0.2) is 5.78 Å². The third-order valence-electron chi connectivity index (χ3n) is 7.39. The molecule has 0 heterocycles. The predicted octanol–water partition coefficient (Wildman–Crippen LogP) is 10.4. The van der Waals surface area contributed by atoms with Gasteiger partial charge in [-0.1, -0.05) is 112 Å². The molecule has 0 amide bonds. The highest BCUT2D eigenvalue weighted by Crippen LogP contribution is 2.36. The van der Waals surface area contributed by atoms with Crippen LogP contribution in [-0.4, -0.2) is 23.1 Å². The zero-order valence-corrected chi connectivity index (χ0v) is 28.7. The largest absolute Gasteiger partial charge is 0.300 e. The molecule has 0 bridgehead atoms. The number of carbonyl (C=O) groups excluding carboxylic acids is 4. The molecule has 2 rings (SSSR count). The molecule has 3 unspecified atom stereocenters. The summed E-state index contributed by atoms with van der Waals surface area (Å²) in [6.07, 6.45) is 11.3. The SMILES string of the molecule is CCC.CCC(C)=O.CCCC(CC1CC(=O)c2c(C)cccc2C1)C(CC)C(=O)CC(C)=O.CCCCC(C)C. The van der Waals surface area contributed by atoms with E-state index in [0.717, 1.165) is 54.7 Å². The smallest absolute Gasteiger partial charge is 0.163 e. The van der Waals surface area contributed by atoms with Gasteiger partial charge >= 0.3 is 0 Å². The number of rotatable bonds is 13. The van der Waals surface area contributed by atoms with E-state index in [-0.39, 0.29) is 41.4 Å². The van der Waals surface area contributed by atoms with E-state index < -0.39 is 0 Å². The summed E-state index contributed by atoms with van der Waals surface area (Å²) in [5.74, 6) is 1.93. The van der Waals surface area contributed by atoms with Gasteiger partial charge in [-0.15, -0.1) is 0 Å². The fraction of sp³-hybridized carbons (Fsp3) is 0.730. The van der Waals surface area contributed by atoms with Crippen LogP contribution in [-0.2, 0) is 20.8 Å². The average molecular weight is 573 g/mol. The number of hydrogen-bond acceptors (Lipinski definition) is 4. The monoisotopic (exact) mass is 572 g/mol. The number of carbonyl (C=O) groups is 4. The van der Waals surface area contributed by atoms with Crippen molar-refractivity contribution in [2.75, 3.05) is 0 Å². The first-order valence-corrected chi connectivity index (χ1v) is 16.5. The standard InChI is InChI=1S/C23H32O3.C7H16.C4H8O.C3H8/c1-5-8-18(20(6-2)21(25)11-16(4)24)12-17-13-19-10-7-9-15(3)23(19)22(26)14-17;1-4-5-6-7(2)3;1-3-4(2)5;1-3-2/h7,9-10,17-18,20H,5-6,8,11-14H2,1-4H3;7H,4-6H2,1-3H3;3H2,1-2H3;3H2,1-2H3. The first-order chi connectivity index (χ1) is 19.3. The van der Waals surface area contributed by atoms with Gasteiger partial charge in [0, 0.05) is 24.3 Å². The highest BCUT2D eigenvalue weighted by atomic mass is 16.1. The molecule has 0 fully saturated rings. The summed E-state index contributed by atoms with van der Waals surface area (Å²) in [6.45, 7) is 22.1. The Bertz CT molecular complexity index is 883. The van der Waals surface area contributed by atoms with E-state index in [2.05, 4.69) is 47.6 Å². The molecule has 1 aliphatic rings. The maximum Gasteiger partial charge on any atom is 0.163 e.